The molecule has 4 unspecified atom stereocenters. The first-order valence-electron chi connectivity index (χ1n) is 19.9. The zero-order chi connectivity index (χ0) is 41.8. The molecule has 0 bridgehead atoms. The van der Waals surface area contributed by atoms with Crippen molar-refractivity contribution >= 4 is 0 Å². The quantitative estimate of drug-likeness (QED) is 0.0719. The van der Waals surface area contributed by atoms with Crippen LogP contribution in [0.25, 0.3) is 0 Å². The molecule has 0 aromatic heterocycles. The van der Waals surface area contributed by atoms with Gasteiger partial charge in [-0.3, -0.25) is 0 Å². The van der Waals surface area contributed by atoms with E-state index in [1.165, 1.54) is 0 Å². The van der Waals surface area contributed by atoms with Gasteiger partial charge in [0.2, 0.25) is 0 Å². The van der Waals surface area contributed by atoms with Gasteiger partial charge >= 0.3 is 13.2 Å². The monoisotopic (exact) mass is 806 g/mol. The SMILES string of the molecule is CCC(C)(c1ccc(OC(F)F)cc1)C(Cc1cccc(Oc2ccccc2)c1)OC(Cc1cccc(Oc2ccccc2)c1)C(C)(CC)c1ccc(OC(F)F)cc1. The molecule has 0 radical (unpaired) electrons. The van der Waals surface area contributed by atoms with Crippen LogP contribution in [0.5, 0.6) is 34.5 Å². The van der Waals surface area contributed by atoms with E-state index in [4.69, 9.17) is 23.7 Å². The third-order valence-corrected chi connectivity index (χ3v) is 11.3. The number of hydrogen-bond donors (Lipinski definition) is 0. The van der Waals surface area contributed by atoms with Gasteiger partial charge in [-0.05, 0) is 121 Å². The maximum absolute atomic E-state index is 13.2. The summed E-state index contributed by atoms with van der Waals surface area (Å²) in [4.78, 5) is 0. The highest BCUT2D eigenvalue weighted by Gasteiger charge is 2.42. The zero-order valence-electron chi connectivity index (χ0n) is 33.7. The maximum atomic E-state index is 13.2. The van der Waals surface area contributed by atoms with E-state index < -0.39 is 36.3 Å². The van der Waals surface area contributed by atoms with E-state index in [2.05, 4.69) is 27.7 Å². The van der Waals surface area contributed by atoms with E-state index >= 15 is 0 Å². The lowest BCUT2D eigenvalue weighted by Crippen LogP contribution is -2.48. The molecule has 0 aliphatic carbocycles. The Morgan fingerprint density at radius 3 is 1.12 bits per heavy atom. The average Bonchev–Trinajstić information content (AvgIpc) is 3.23. The summed E-state index contributed by atoms with van der Waals surface area (Å²) in [5.41, 5.74) is 2.47. The highest BCUT2D eigenvalue weighted by molar-refractivity contribution is 5.39. The number of halogens is 4. The van der Waals surface area contributed by atoms with Crippen molar-refractivity contribution in [2.45, 2.75) is 89.6 Å². The standard InChI is InChI=1S/C50H50F4O5/c1-5-49(3,37-23-27-41(28-24-37)57-47(51)52)45(33-35-15-13-21-43(31-35)55-39-17-9-7-10-18-39)59-46(50(4,6-2)38-25-29-42(30-26-38)58-48(53)54)34-36-16-14-22-44(32-36)56-40-19-11-8-12-20-40/h7-32,45-48H,5-6,33-34H2,1-4H3. The second-order valence-corrected chi connectivity index (χ2v) is 15.0. The average molecular weight is 807 g/mol. The maximum Gasteiger partial charge on any atom is 0.387 e. The summed E-state index contributed by atoms with van der Waals surface area (Å²) in [6, 6.07) is 48.6. The van der Waals surface area contributed by atoms with Crippen molar-refractivity contribution in [3.05, 3.63) is 180 Å². The van der Waals surface area contributed by atoms with Crippen LogP contribution in [0.15, 0.2) is 158 Å². The molecule has 9 heteroatoms. The number of rotatable bonds is 20. The lowest BCUT2D eigenvalue weighted by Gasteiger charge is -2.45. The predicted molar refractivity (Wildman–Crippen MR) is 223 cm³/mol. The molecular weight excluding hydrogens is 757 g/mol. The minimum atomic E-state index is -2.94. The molecule has 0 spiro atoms. The minimum Gasteiger partial charge on any atom is -0.457 e. The highest BCUT2D eigenvalue weighted by atomic mass is 19.3. The van der Waals surface area contributed by atoms with E-state index in [1.54, 1.807) is 24.3 Å². The van der Waals surface area contributed by atoms with Gasteiger partial charge in [0.15, 0.2) is 0 Å². The van der Waals surface area contributed by atoms with Crippen LogP contribution in [0.4, 0.5) is 17.6 Å². The van der Waals surface area contributed by atoms with Crippen molar-refractivity contribution < 1.29 is 41.2 Å². The van der Waals surface area contributed by atoms with Crippen LogP contribution in [0.1, 0.15) is 62.8 Å². The fourth-order valence-electron chi connectivity index (χ4n) is 7.46. The lowest BCUT2D eigenvalue weighted by molar-refractivity contribution is -0.0841. The Balaban J connectivity index is 1.43. The van der Waals surface area contributed by atoms with E-state index in [1.807, 2.05) is 133 Å². The number of benzene rings is 6. The summed E-state index contributed by atoms with van der Waals surface area (Å²) in [5, 5.41) is 0. The first-order chi connectivity index (χ1) is 28.5. The molecule has 59 heavy (non-hydrogen) atoms. The van der Waals surface area contributed by atoms with Gasteiger partial charge in [-0.1, -0.05) is 113 Å². The van der Waals surface area contributed by atoms with Gasteiger partial charge in [-0.15, -0.1) is 0 Å². The molecule has 6 aromatic rings. The van der Waals surface area contributed by atoms with Crippen LogP contribution in [0, 0.1) is 0 Å². The summed E-state index contributed by atoms with van der Waals surface area (Å²) < 4.78 is 82.2. The van der Waals surface area contributed by atoms with Gasteiger partial charge in [-0.25, -0.2) is 0 Å². The molecule has 5 nitrogen and oxygen atoms in total. The van der Waals surface area contributed by atoms with Gasteiger partial charge in [0, 0.05) is 10.8 Å². The topological polar surface area (TPSA) is 46.2 Å². The molecule has 308 valence electrons. The van der Waals surface area contributed by atoms with Crippen molar-refractivity contribution in [2.75, 3.05) is 0 Å². The molecule has 4 atom stereocenters. The number of para-hydroxylation sites is 2. The Morgan fingerprint density at radius 2 is 0.780 bits per heavy atom. The Kier molecular flexibility index (Phi) is 14.3. The van der Waals surface area contributed by atoms with Crippen molar-refractivity contribution in [1.29, 1.82) is 0 Å². The molecule has 0 aliphatic heterocycles. The lowest BCUT2D eigenvalue weighted by atomic mass is 9.71. The Bertz CT molecular complexity index is 2030. The second kappa shape index (κ2) is 19.8. The van der Waals surface area contributed by atoms with Gasteiger partial charge in [0.1, 0.15) is 34.5 Å². The van der Waals surface area contributed by atoms with Crippen LogP contribution in [-0.4, -0.2) is 25.4 Å². The third kappa shape index (κ3) is 11.2. The molecule has 0 heterocycles. The minimum absolute atomic E-state index is 0.0683. The van der Waals surface area contributed by atoms with E-state index in [9.17, 15) is 17.6 Å². The van der Waals surface area contributed by atoms with Gasteiger partial charge < -0.3 is 23.7 Å². The smallest absolute Gasteiger partial charge is 0.387 e. The highest BCUT2D eigenvalue weighted by Crippen LogP contribution is 2.42. The molecule has 0 fully saturated rings. The van der Waals surface area contributed by atoms with E-state index in [0.29, 0.717) is 48.7 Å². The number of hydrogen-bond acceptors (Lipinski definition) is 5. The molecule has 0 N–H and O–H groups in total. The molecular formula is C50H50F4O5. The second-order valence-electron chi connectivity index (χ2n) is 15.0. The molecule has 0 saturated heterocycles. The fourth-order valence-corrected chi connectivity index (χ4v) is 7.46. The van der Waals surface area contributed by atoms with Crippen LogP contribution in [0.2, 0.25) is 0 Å². The van der Waals surface area contributed by atoms with Crippen molar-refractivity contribution in [3.63, 3.8) is 0 Å². The summed E-state index contributed by atoms with van der Waals surface area (Å²) in [6.07, 6.45) is 1.29. The van der Waals surface area contributed by atoms with Gasteiger partial charge in [-0.2, -0.15) is 17.6 Å². The van der Waals surface area contributed by atoms with Crippen LogP contribution in [-0.2, 0) is 28.4 Å². The summed E-state index contributed by atoms with van der Waals surface area (Å²) in [5.74, 6) is 2.91. The summed E-state index contributed by atoms with van der Waals surface area (Å²) in [6.45, 7) is 2.57. The predicted octanol–water partition coefficient (Wildman–Crippen LogP) is 13.7. The van der Waals surface area contributed by atoms with Gasteiger partial charge in [0.25, 0.3) is 0 Å². The molecule has 6 aromatic carbocycles. The van der Waals surface area contributed by atoms with Crippen LogP contribution >= 0.6 is 0 Å². The Labute approximate surface area is 344 Å². The summed E-state index contributed by atoms with van der Waals surface area (Å²) in [7, 11) is 0. The van der Waals surface area contributed by atoms with Crippen LogP contribution < -0.4 is 18.9 Å². The number of ether oxygens (including phenoxy) is 5. The Morgan fingerprint density at radius 1 is 0.424 bits per heavy atom. The number of alkyl halides is 4. The summed E-state index contributed by atoms with van der Waals surface area (Å²) >= 11 is 0. The van der Waals surface area contributed by atoms with Crippen LogP contribution in [0.3, 0.4) is 0 Å². The molecule has 0 aliphatic rings. The molecule has 6 rings (SSSR count). The fraction of sp³-hybridized carbons (Fsp3) is 0.280. The first kappa shape index (κ1) is 42.8. The normalized spacial score (nSPS) is 14.5. The van der Waals surface area contributed by atoms with E-state index in [-0.39, 0.29) is 11.5 Å². The zero-order valence-corrected chi connectivity index (χ0v) is 33.7. The first-order valence-corrected chi connectivity index (χ1v) is 19.9. The van der Waals surface area contributed by atoms with Crippen molar-refractivity contribution in [3.8, 4) is 34.5 Å². The van der Waals surface area contributed by atoms with Crippen molar-refractivity contribution in [2.24, 2.45) is 0 Å². The van der Waals surface area contributed by atoms with E-state index in [0.717, 1.165) is 22.3 Å². The molecule has 0 saturated carbocycles. The van der Waals surface area contributed by atoms with Gasteiger partial charge in [0.05, 0.1) is 12.2 Å². The third-order valence-electron chi connectivity index (χ3n) is 11.3. The largest absolute Gasteiger partial charge is 0.457 e. The van der Waals surface area contributed by atoms with Crippen molar-refractivity contribution in [1.82, 2.24) is 0 Å². The molecule has 0 amide bonds. The Hall–Kier alpha value is -5.80.